The van der Waals surface area contributed by atoms with Gasteiger partial charge in [0.25, 0.3) is 5.56 Å². The van der Waals surface area contributed by atoms with Crippen molar-refractivity contribution in [2.24, 2.45) is 0 Å². The molecule has 2 heterocycles. The van der Waals surface area contributed by atoms with Crippen molar-refractivity contribution in [2.75, 3.05) is 6.26 Å². The number of fused-ring (bicyclic) bond motifs is 2. The maximum absolute atomic E-state index is 13.7. The third-order valence-electron chi connectivity index (χ3n) is 6.19. The van der Waals surface area contributed by atoms with Crippen molar-refractivity contribution < 1.29 is 0 Å². The molecule has 34 heavy (non-hydrogen) atoms. The second kappa shape index (κ2) is 9.57. The van der Waals surface area contributed by atoms with Crippen molar-refractivity contribution in [3.05, 3.63) is 85.8 Å². The van der Waals surface area contributed by atoms with E-state index in [4.69, 9.17) is 33.2 Å². The Hall–Kier alpha value is -2.60. The molecule has 4 aromatic rings. The van der Waals surface area contributed by atoms with E-state index in [9.17, 15) is 4.79 Å². The average molecular weight is 508 g/mol. The molecule has 0 amide bonds. The summed E-state index contributed by atoms with van der Waals surface area (Å²) < 4.78 is 1.73. The molecule has 2 aromatic heterocycles. The maximum atomic E-state index is 13.7. The van der Waals surface area contributed by atoms with Crippen molar-refractivity contribution in [1.82, 2.24) is 14.5 Å². The Labute approximate surface area is 212 Å². The van der Waals surface area contributed by atoms with Gasteiger partial charge in [-0.1, -0.05) is 59.2 Å². The second-order valence-corrected chi connectivity index (χ2v) is 9.89. The first-order valence-corrected chi connectivity index (χ1v) is 13.2. The second-order valence-electron chi connectivity index (χ2n) is 8.24. The van der Waals surface area contributed by atoms with Gasteiger partial charge in [0.1, 0.15) is 0 Å². The zero-order valence-electron chi connectivity index (χ0n) is 18.9. The highest BCUT2D eigenvalue weighted by Gasteiger charge is 2.26. The first kappa shape index (κ1) is 23.2. The van der Waals surface area contributed by atoms with E-state index in [1.807, 2.05) is 61.7 Å². The monoisotopic (exact) mass is 507 g/mol. The highest BCUT2D eigenvalue weighted by atomic mass is 35.5. The lowest BCUT2D eigenvalue weighted by molar-refractivity contribution is 0.633. The van der Waals surface area contributed by atoms with Gasteiger partial charge in [-0.3, -0.25) is 9.36 Å². The maximum Gasteiger partial charge on any atom is 0.264 e. The van der Waals surface area contributed by atoms with Crippen molar-refractivity contribution >= 4 is 57.6 Å². The third kappa shape index (κ3) is 4.17. The Morgan fingerprint density at radius 2 is 1.68 bits per heavy atom. The number of rotatable bonds is 4. The van der Waals surface area contributed by atoms with Crippen LogP contribution in [0.4, 0.5) is 0 Å². The Morgan fingerprint density at radius 3 is 2.32 bits per heavy atom. The zero-order chi connectivity index (χ0) is 23.8. The summed E-state index contributed by atoms with van der Waals surface area (Å²) in [5, 5.41) is 2.62. The van der Waals surface area contributed by atoms with Gasteiger partial charge in [-0.2, -0.15) is 0 Å². The van der Waals surface area contributed by atoms with Crippen LogP contribution in [0.15, 0.2) is 58.5 Å². The van der Waals surface area contributed by atoms with Gasteiger partial charge in [-0.05, 0) is 85.0 Å². The van der Waals surface area contributed by atoms with E-state index in [0.717, 1.165) is 52.8 Å². The fraction of sp³-hybridized carbons (Fsp3) is 0.222. The van der Waals surface area contributed by atoms with Crippen LogP contribution in [-0.2, 0) is 13.0 Å². The topological polar surface area (TPSA) is 47.8 Å². The Bertz CT molecular complexity index is 1480. The molecule has 4 nitrogen and oxygen atoms in total. The van der Waals surface area contributed by atoms with E-state index in [1.165, 1.54) is 11.8 Å². The SMILES string of the molecule is CCn1c(SC)nc2nc3c(c(-c4ccc(Cl)cc4)c2c1=O)CCC/C3=C/c1ccc(Cl)cc1. The predicted octanol–water partition coefficient (Wildman–Crippen LogP) is 7.38. The normalized spacial score (nSPS) is 14.5. The van der Waals surface area contributed by atoms with Gasteiger partial charge < -0.3 is 0 Å². The van der Waals surface area contributed by atoms with Gasteiger partial charge >= 0.3 is 0 Å². The molecule has 172 valence electrons. The first-order valence-electron chi connectivity index (χ1n) is 11.2. The minimum atomic E-state index is -0.0501. The largest absolute Gasteiger partial charge is 0.287 e. The van der Waals surface area contributed by atoms with Gasteiger partial charge in [-0.15, -0.1) is 0 Å². The Morgan fingerprint density at radius 1 is 1.00 bits per heavy atom. The van der Waals surface area contributed by atoms with Gasteiger partial charge in [-0.25, -0.2) is 9.97 Å². The fourth-order valence-corrected chi connectivity index (χ4v) is 5.48. The molecule has 0 spiro atoms. The number of benzene rings is 2. The number of halogens is 2. The summed E-state index contributed by atoms with van der Waals surface area (Å²) in [6, 6.07) is 15.5. The lowest BCUT2D eigenvalue weighted by atomic mass is 9.84. The van der Waals surface area contributed by atoms with Crippen molar-refractivity contribution in [3.8, 4) is 11.1 Å². The van der Waals surface area contributed by atoms with E-state index in [2.05, 4.69) is 6.08 Å². The van der Waals surface area contributed by atoms with Gasteiger partial charge in [0, 0.05) is 22.2 Å². The molecule has 0 saturated carbocycles. The molecule has 5 rings (SSSR count). The lowest BCUT2D eigenvalue weighted by Crippen LogP contribution is -2.24. The highest BCUT2D eigenvalue weighted by Crippen LogP contribution is 2.40. The number of aromatic nitrogens is 3. The van der Waals surface area contributed by atoms with E-state index in [-0.39, 0.29) is 5.56 Å². The number of hydrogen-bond donors (Lipinski definition) is 0. The molecule has 1 aliphatic carbocycles. The molecule has 0 unspecified atom stereocenters. The zero-order valence-corrected chi connectivity index (χ0v) is 21.3. The van der Waals surface area contributed by atoms with Crippen molar-refractivity contribution in [3.63, 3.8) is 0 Å². The number of allylic oxidation sites excluding steroid dienone is 1. The van der Waals surface area contributed by atoms with Crippen LogP contribution in [0.5, 0.6) is 0 Å². The Kier molecular flexibility index (Phi) is 6.52. The van der Waals surface area contributed by atoms with Crippen LogP contribution >= 0.6 is 35.0 Å². The summed E-state index contributed by atoms with van der Waals surface area (Å²) in [6.07, 6.45) is 6.85. The summed E-state index contributed by atoms with van der Waals surface area (Å²) in [5.74, 6) is 0. The third-order valence-corrected chi connectivity index (χ3v) is 7.37. The molecular formula is C27H23Cl2N3OS. The number of pyridine rings is 1. The molecule has 7 heteroatoms. The summed E-state index contributed by atoms with van der Waals surface area (Å²) in [6.45, 7) is 2.52. The summed E-state index contributed by atoms with van der Waals surface area (Å²) in [5.41, 5.74) is 6.56. The van der Waals surface area contributed by atoms with Crippen LogP contribution in [0.25, 0.3) is 33.8 Å². The molecule has 1 aliphatic rings. The molecule has 0 atom stereocenters. The summed E-state index contributed by atoms with van der Waals surface area (Å²) in [7, 11) is 0. The van der Waals surface area contributed by atoms with E-state index in [1.54, 1.807) is 4.57 Å². The van der Waals surface area contributed by atoms with Crippen LogP contribution in [0.1, 0.15) is 36.6 Å². The van der Waals surface area contributed by atoms with Gasteiger partial charge in [0.15, 0.2) is 10.8 Å². The number of hydrogen-bond acceptors (Lipinski definition) is 4. The van der Waals surface area contributed by atoms with Crippen molar-refractivity contribution in [2.45, 2.75) is 37.9 Å². The molecule has 0 radical (unpaired) electrons. The summed E-state index contributed by atoms with van der Waals surface area (Å²) >= 11 is 13.7. The van der Waals surface area contributed by atoms with E-state index in [0.29, 0.717) is 32.8 Å². The standard InChI is InChI=1S/C27H23Cl2N3OS/c1-3-32-26(33)23-22(17-9-13-20(29)14-10-17)21-6-4-5-18(15-16-7-11-19(28)12-8-16)24(21)30-25(23)31-27(32)34-2/h7-15H,3-6H2,1-2H3/b18-15-. The summed E-state index contributed by atoms with van der Waals surface area (Å²) in [4.78, 5) is 23.5. The average Bonchev–Trinajstić information content (AvgIpc) is 2.85. The molecular weight excluding hydrogens is 485 g/mol. The molecule has 2 aromatic carbocycles. The number of nitrogens with zero attached hydrogens (tertiary/aromatic N) is 3. The minimum absolute atomic E-state index is 0.0501. The highest BCUT2D eigenvalue weighted by molar-refractivity contribution is 7.98. The minimum Gasteiger partial charge on any atom is -0.287 e. The lowest BCUT2D eigenvalue weighted by Gasteiger charge is -2.23. The smallest absolute Gasteiger partial charge is 0.264 e. The predicted molar refractivity (Wildman–Crippen MR) is 144 cm³/mol. The quantitative estimate of drug-likeness (QED) is 0.213. The van der Waals surface area contributed by atoms with Crippen LogP contribution in [0, 0.1) is 0 Å². The molecule has 0 saturated heterocycles. The van der Waals surface area contributed by atoms with Gasteiger partial charge in [0.05, 0.1) is 11.1 Å². The Balaban J connectivity index is 1.86. The van der Waals surface area contributed by atoms with Crippen molar-refractivity contribution in [1.29, 1.82) is 0 Å². The molecule has 0 aliphatic heterocycles. The number of thioether (sulfide) groups is 1. The van der Waals surface area contributed by atoms with Gasteiger partial charge in [0.2, 0.25) is 0 Å². The fourth-order valence-electron chi connectivity index (χ4n) is 4.62. The van der Waals surface area contributed by atoms with Crippen LogP contribution in [0.2, 0.25) is 10.0 Å². The molecule has 0 bridgehead atoms. The van der Waals surface area contributed by atoms with Crippen LogP contribution in [-0.4, -0.2) is 20.8 Å². The van der Waals surface area contributed by atoms with E-state index < -0.39 is 0 Å². The van der Waals surface area contributed by atoms with E-state index >= 15 is 0 Å². The van der Waals surface area contributed by atoms with Crippen LogP contribution in [0.3, 0.4) is 0 Å². The molecule has 0 fully saturated rings. The first-order chi connectivity index (χ1) is 16.5. The van der Waals surface area contributed by atoms with Crippen LogP contribution < -0.4 is 5.56 Å². The molecule has 0 N–H and O–H groups in total.